The molecule has 0 unspecified atom stereocenters. The molecule has 1 atom stereocenters. The molecule has 1 aliphatic rings. The summed E-state index contributed by atoms with van der Waals surface area (Å²) in [6.45, 7) is 1.46. The minimum absolute atomic E-state index is 0.0219. The summed E-state index contributed by atoms with van der Waals surface area (Å²) in [6, 6.07) is 18.9. The van der Waals surface area contributed by atoms with E-state index in [1.807, 2.05) is 61.5 Å². The van der Waals surface area contributed by atoms with Crippen LogP contribution in [0.2, 0.25) is 15.1 Å². The predicted molar refractivity (Wildman–Crippen MR) is 174 cm³/mol. The first-order chi connectivity index (χ1) is 20.4. The van der Waals surface area contributed by atoms with E-state index in [1.165, 1.54) is 17.0 Å². The first-order valence-electron chi connectivity index (χ1n) is 14.2. The number of rotatable bonds is 11. The van der Waals surface area contributed by atoms with E-state index in [4.69, 9.17) is 34.8 Å². The van der Waals surface area contributed by atoms with Crippen molar-refractivity contribution in [1.29, 1.82) is 0 Å². The summed E-state index contributed by atoms with van der Waals surface area (Å²) < 4.78 is 27.0. The van der Waals surface area contributed by atoms with E-state index < -0.39 is 28.5 Å². The molecule has 7 nitrogen and oxygen atoms in total. The Morgan fingerprint density at radius 2 is 1.53 bits per heavy atom. The standard InChI is InChI=1S/C32H36Cl3N3O4S/c1-22-10-9-13-24(16-22)20-37(31(39)21-38(43(2,41)42)29-19-27(34)26(33)18-28(29)35)30(17-23-11-5-3-6-12-23)32(40)36-25-14-7-4-8-15-25/h3,5-6,9-13,16,18-19,25,30H,4,7-8,14-15,17,20-21H2,1-2H3,(H,36,40)/t30-/m1/s1. The van der Waals surface area contributed by atoms with E-state index in [2.05, 4.69) is 5.32 Å². The van der Waals surface area contributed by atoms with Crippen molar-refractivity contribution in [3.05, 3.63) is 98.5 Å². The molecule has 0 heterocycles. The third-order valence-electron chi connectivity index (χ3n) is 7.60. The molecule has 0 aliphatic heterocycles. The zero-order valence-corrected chi connectivity index (χ0v) is 27.3. The number of carbonyl (C=O) groups excluding carboxylic acids is 2. The van der Waals surface area contributed by atoms with Crippen molar-refractivity contribution in [2.75, 3.05) is 17.1 Å². The van der Waals surface area contributed by atoms with Crippen molar-refractivity contribution in [2.24, 2.45) is 0 Å². The average molecular weight is 665 g/mol. The normalized spacial score (nSPS) is 14.6. The van der Waals surface area contributed by atoms with Gasteiger partial charge in [0.25, 0.3) is 0 Å². The molecule has 3 aromatic carbocycles. The second kappa shape index (κ2) is 14.8. The van der Waals surface area contributed by atoms with Gasteiger partial charge in [-0.3, -0.25) is 13.9 Å². The van der Waals surface area contributed by atoms with Crippen molar-refractivity contribution < 1.29 is 18.0 Å². The molecular formula is C32H36Cl3N3O4S. The second-order valence-electron chi connectivity index (χ2n) is 11.0. The smallest absolute Gasteiger partial charge is 0.244 e. The Morgan fingerprint density at radius 3 is 2.19 bits per heavy atom. The van der Waals surface area contributed by atoms with Gasteiger partial charge in [-0.05, 0) is 43.0 Å². The summed E-state index contributed by atoms with van der Waals surface area (Å²) in [5.74, 6) is -0.830. The van der Waals surface area contributed by atoms with Crippen LogP contribution >= 0.6 is 34.8 Å². The highest BCUT2D eigenvalue weighted by atomic mass is 35.5. The van der Waals surface area contributed by atoms with Gasteiger partial charge < -0.3 is 10.2 Å². The number of nitrogens with zero attached hydrogens (tertiary/aromatic N) is 2. The minimum atomic E-state index is -4.01. The van der Waals surface area contributed by atoms with Crippen LogP contribution in [0.4, 0.5) is 5.69 Å². The lowest BCUT2D eigenvalue weighted by molar-refractivity contribution is -0.140. The molecule has 2 amide bonds. The number of carbonyl (C=O) groups is 2. The molecule has 0 radical (unpaired) electrons. The molecule has 0 bridgehead atoms. The molecule has 4 rings (SSSR count). The van der Waals surface area contributed by atoms with Crippen LogP contribution in [-0.2, 0) is 32.6 Å². The molecule has 1 aliphatic carbocycles. The van der Waals surface area contributed by atoms with Gasteiger partial charge in [-0.1, -0.05) is 114 Å². The van der Waals surface area contributed by atoms with E-state index >= 15 is 0 Å². The van der Waals surface area contributed by atoms with E-state index in [-0.39, 0.29) is 45.7 Å². The number of aryl methyl sites for hydroxylation is 1. The van der Waals surface area contributed by atoms with E-state index in [1.54, 1.807) is 0 Å². The second-order valence-corrected chi connectivity index (χ2v) is 14.2. The number of sulfonamides is 1. The third kappa shape index (κ3) is 9.11. The van der Waals surface area contributed by atoms with Crippen LogP contribution in [0.1, 0.15) is 48.8 Å². The fourth-order valence-corrected chi connectivity index (χ4v) is 6.95. The van der Waals surface area contributed by atoms with E-state index in [0.29, 0.717) is 0 Å². The molecule has 0 saturated heterocycles. The Hall–Kier alpha value is -2.78. The van der Waals surface area contributed by atoms with Crippen LogP contribution in [0.3, 0.4) is 0 Å². The molecule has 3 aromatic rings. The molecular weight excluding hydrogens is 629 g/mol. The number of benzene rings is 3. The summed E-state index contributed by atoms with van der Waals surface area (Å²) in [6.07, 6.45) is 6.21. The van der Waals surface area contributed by atoms with Crippen LogP contribution in [0.15, 0.2) is 66.7 Å². The Balaban J connectivity index is 1.75. The molecule has 0 spiro atoms. The summed E-state index contributed by atoms with van der Waals surface area (Å²) in [5, 5.41) is 3.46. The summed E-state index contributed by atoms with van der Waals surface area (Å²) in [4.78, 5) is 29.8. The fraction of sp³-hybridized carbons (Fsp3) is 0.375. The lowest BCUT2D eigenvalue weighted by Gasteiger charge is -2.35. The van der Waals surface area contributed by atoms with Crippen LogP contribution < -0.4 is 9.62 Å². The van der Waals surface area contributed by atoms with Crippen molar-refractivity contribution in [1.82, 2.24) is 10.2 Å². The van der Waals surface area contributed by atoms with E-state index in [9.17, 15) is 18.0 Å². The first kappa shape index (κ1) is 33.1. The van der Waals surface area contributed by atoms with Gasteiger partial charge in [0.05, 0.1) is 27.0 Å². The quantitative estimate of drug-likeness (QED) is 0.228. The number of anilines is 1. The Bertz CT molecular complexity index is 1550. The maximum atomic E-state index is 14.3. The number of hydrogen-bond donors (Lipinski definition) is 1. The van der Waals surface area contributed by atoms with E-state index in [0.717, 1.165) is 59.4 Å². The molecule has 11 heteroatoms. The van der Waals surface area contributed by atoms with Gasteiger partial charge >= 0.3 is 0 Å². The highest BCUT2D eigenvalue weighted by Gasteiger charge is 2.34. The Kier molecular flexibility index (Phi) is 11.4. The summed E-state index contributed by atoms with van der Waals surface area (Å²) in [5.41, 5.74) is 2.71. The van der Waals surface area contributed by atoms with Gasteiger partial charge in [-0.15, -0.1) is 0 Å². The van der Waals surface area contributed by atoms with Gasteiger partial charge in [0.2, 0.25) is 21.8 Å². The van der Waals surface area contributed by atoms with Crippen LogP contribution in [0.5, 0.6) is 0 Å². The van der Waals surface area contributed by atoms with Gasteiger partial charge in [-0.25, -0.2) is 8.42 Å². The SMILES string of the molecule is Cc1cccc(CN(C(=O)CN(c2cc(Cl)c(Cl)cc2Cl)S(C)(=O)=O)[C@H](Cc2ccccc2)C(=O)NC2CCCCC2)c1. The number of hydrogen-bond acceptors (Lipinski definition) is 4. The maximum absolute atomic E-state index is 14.3. The topological polar surface area (TPSA) is 86.8 Å². The third-order valence-corrected chi connectivity index (χ3v) is 9.75. The predicted octanol–water partition coefficient (Wildman–Crippen LogP) is 6.81. The highest BCUT2D eigenvalue weighted by molar-refractivity contribution is 7.92. The average Bonchev–Trinajstić information content (AvgIpc) is 2.96. The summed E-state index contributed by atoms with van der Waals surface area (Å²) in [7, 11) is -4.01. The van der Waals surface area contributed by atoms with Gasteiger partial charge in [0.15, 0.2) is 0 Å². The Labute approximate surface area is 269 Å². The lowest BCUT2D eigenvalue weighted by atomic mass is 9.94. The maximum Gasteiger partial charge on any atom is 0.244 e. The monoisotopic (exact) mass is 663 g/mol. The van der Waals surface area contributed by atoms with Crippen LogP contribution in [-0.4, -0.2) is 50.0 Å². The number of halogens is 3. The van der Waals surface area contributed by atoms with Crippen molar-refractivity contribution >= 4 is 62.3 Å². The largest absolute Gasteiger partial charge is 0.352 e. The first-order valence-corrected chi connectivity index (χ1v) is 17.2. The van der Waals surface area contributed by atoms with Gasteiger partial charge in [0, 0.05) is 19.0 Å². The molecule has 0 aromatic heterocycles. The zero-order valence-electron chi connectivity index (χ0n) is 24.2. The fourth-order valence-electron chi connectivity index (χ4n) is 5.40. The zero-order chi connectivity index (χ0) is 31.1. The molecule has 43 heavy (non-hydrogen) atoms. The molecule has 1 fully saturated rings. The highest BCUT2D eigenvalue weighted by Crippen LogP contribution is 2.36. The molecule has 1 N–H and O–H groups in total. The summed E-state index contributed by atoms with van der Waals surface area (Å²) >= 11 is 18.7. The van der Waals surface area contributed by atoms with Crippen LogP contribution in [0.25, 0.3) is 0 Å². The Morgan fingerprint density at radius 1 is 0.884 bits per heavy atom. The van der Waals surface area contributed by atoms with Crippen LogP contribution in [0, 0.1) is 6.92 Å². The molecule has 230 valence electrons. The van der Waals surface area contributed by atoms with Gasteiger partial charge in [-0.2, -0.15) is 0 Å². The number of amides is 2. The van der Waals surface area contributed by atoms with Crippen molar-refractivity contribution in [2.45, 2.75) is 64.1 Å². The minimum Gasteiger partial charge on any atom is -0.352 e. The molecule has 1 saturated carbocycles. The lowest BCUT2D eigenvalue weighted by Crippen LogP contribution is -2.55. The number of nitrogens with one attached hydrogen (secondary N) is 1. The van der Waals surface area contributed by atoms with Gasteiger partial charge in [0.1, 0.15) is 12.6 Å². The van der Waals surface area contributed by atoms with Crippen molar-refractivity contribution in [3.8, 4) is 0 Å². The van der Waals surface area contributed by atoms with Crippen molar-refractivity contribution in [3.63, 3.8) is 0 Å².